The van der Waals surface area contributed by atoms with E-state index in [2.05, 4.69) is 16.9 Å². The smallest absolute Gasteiger partial charge is 0.220 e. The summed E-state index contributed by atoms with van der Waals surface area (Å²) < 4.78 is 30.7. The van der Waals surface area contributed by atoms with Crippen molar-refractivity contribution < 1.29 is 13.2 Å². The van der Waals surface area contributed by atoms with Gasteiger partial charge < -0.3 is 10.5 Å². The predicted molar refractivity (Wildman–Crippen MR) is 68.8 cm³/mol. The minimum atomic E-state index is -3.46. The van der Waals surface area contributed by atoms with Crippen LogP contribution in [0.4, 0.5) is 0 Å². The zero-order chi connectivity index (χ0) is 12.8. The van der Waals surface area contributed by atoms with Crippen molar-refractivity contribution in [1.29, 1.82) is 0 Å². The van der Waals surface area contributed by atoms with Crippen LogP contribution in [-0.4, -0.2) is 38.4 Å². The van der Waals surface area contributed by atoms with Crippen LogP contribution >= 0.6 is 12.2 Å². The minimum absolute atomic E-state index is 0.0319. The molecule has 0 bridgehead atoms. The topological polar surface area (TPSA) is 81.4 Å². The highest BCUT2D eigenvalue weighted by molar-refractivity contribution is 7.93. The van der Waals surface area contributed by atoms with Gasteiger partial charge in [-0.25, -0.2) is 13.1 Å². The third-order valence-electron chi connectivity index (χ3n) is 1.87. The third-order valence-corrected chi connectivity index (χ3v) is 4.16. The summed E-state index contributed by atoms with van der Waals surface area (Å²) in [6.07, 6.45) is 0. The van der Waals surface area contributed by atoms with E-state index in [9.17, 15) is 8.42 Å². The molecule has 0 heterocycles. The summed E-state index contributed by atoms with van der Waals surface area (Å²) in [7, 11) is -3.46. The first-order valence-corrected chi connectivity index (χ1v) is 7.08. The second-order valence-corrected chi connectivity index (χ2v) is 6.51. The van der Waals surface area contributed by atoms with E-state index >= 15 is 0 Å². The Morgan fingerprint density at radius 3 is 2.44 bits per heavy atom. The van der Waals surface area contributed by atoms with E-state index in [1.807, 2.05) is 13.8 Å². The SMILES string of the molecule is CC(C)COCCNS(=O)(=O)C(C)C(N)=S. The average molecular weight is 268 g/mol. The Kier molecular flexibility index (Phi) is 7.05. The third kappa shape index (κ3) is 6.37. The average Bonchev–Trinajstić information content (AvgIpc) is 2.15. The Morgan fingerprint density at radius 2 is 2.00 bits per heavy atom. The van der Waals surface area contributed by atoms with Crippen molar-refractivity contribution in [1.82, 2.24) is 4.72 Å². The van der Waals surface area contributed by atoms with Crippen LogP contribution in [0.2, 0.25) is 0 Å². The minimum Gasteiger partial charge on any atom is -0.392 e. The molecule has 0 aromatic rings. The van der Waals surface area contributed by atoms with Crippen LogP contribution in [0.15, 0.2) is 0 Å². The van der Waals surface area contributed by atoms with E-state index in [4.69, 9.17) is 10.5 Å². The highest BCUT2D eigenvalue weighted by Gasteiger charge is 2.22. The van der Waals surface area contributed by atoms with Crippen LogP contribution in [0.25, 0.3) is 0 Å². The van der Waals surface area contributed by atoms with Gasteiger partial charge in [-0.15, -0.1) is 0 Å². The van der Waals surface area contributed by atoms with Gasteiger partial charge in [0.15, 0.2) is 0 Å². The van der Waals surface area contributed by atoms with Crippen LogP contribution in [-0.2, 0) is 14.8 Å². The number of nitrogens with two attached hydrogens (primary N) is 1. The van der Waals surface area contributed by atoms with Gasteiger partial charge in [-0.3, -0.25) is 0 Å². The number of rotatable bonds is 8. The molecular weight excluding hydrogens is 248 g/mol. The normalized spacial score (nSPS) is 14.0. The highest BCUT2D eigenvalue weighted by atomic mass is 32.2. The molecule has 0 aliphatic rings. The molecule has 0 rings (SSSR count). The zero-order valence-electron chi connectivity index (χ0n) is 9.89. The van der Waals surface area contributed by atoms with Crippen molar-refractivity contribution in [3.63, 3.8) is 0 Å². The van der Waals surface area contributed by atoms with E-state index in [-0.39, 0.29) is 11.5 Å². The predicted octanol–water partition coefficient (Wildman–Crippen LogP) is 0.253. The van der Waals surface area contributed by atoms with Gasteiger partial charge in [0.05, 0.1) is 11.6 Å². The second-order valence-electron chi connectivity index (χ2n) is 3.95. The molecule has 0 spiro atoms. The number of ether oxygens (including phenoxy) is 1. The van der Waals surface area contributed by atoms with E-state index in [1.165, 1.54) is 6.92 Å². The largest absolute Gasteiger partial charge is 0.392 e. The summed E-state index contributed by atoms with van der Waals surface area (Å²) in [6.45, 7) is 6.72. The quantitative estimate of drug-likeness (QED) is 0.487. The van der Waals surface area contributed by atoms with Crippen molar-refractivity contribution in [2.75, 3.05) is 19.8 Å². The van der Waals surface area contributed by atoms with E-state index in [0.29, 0.717) is 19.1 Å². The summed E-state index contributed by atoms with van der Waals surface area (Å²) in [4.78, 5) is -0.0319. The van der Waals surface area contributed by atoms with Crippen LogP contribution in [0.3, 0.4) is 0 Å². The van der Waals surface area contributed by atoms with Crippen molar-refractivity contribution >= 4 is 27.2 Å². The Bertz CT molecular complexity index is 315. The van der Waals surface area contributed by atoms with Gasteiger partial charge in [0.1, 0.15) is 5.25 Å². The summed E-state index contributed by atoms with van der Waals surface area (Å²) in [5.41, 5.74) is 5.27. The maximum atomic E-state index is 11.5. The van der Waals surface area contributed by atoms with Gasteiger partial charge in [0.2, 0.25) is 10.0 Å². The molecule has 0 aliphatic heterocycles. The molecule has 0 saturated carbocycles. The van der Waals surface area contributed by atoms with E-state index in [1.54, 1.807) is 0 Å². The first-order valence-electron chi connectivity index (χ1n) is 5.13. The maximum Gasteiger partial charge on any atom is 0.220 e. The number of hydrogen-bond acceptors (Lipinski definition) is 4. The van der Waals surface area contributed by atoms with Crippen molar-refractivity contribution in [2.24, 2.45) is 11.7 Å². The van der Waals surface area contributed by atoms with E-state index < -0.39 is 15.3 Å². The highest BCUT2D eigenvalue weighted by Crippen LogP contribution is 1.98. The molecule has 0 amide bonds. The molecule has 0 aromatic heterocycles. The summed E-state index contributed by atoms with van der Waals surface area (Å²) in [5.74, 6) is 0.437. The number of hydrogen-bond donors (Lipinski definition) is 2. The van der Waals surface area contributed by atoms with Gasteiger partial charge >= 0.3 is 0 Å². The fraction of sp³-hybridized carbons (Fsp3) is 0.889. The Hall–Kier alpha value is -0.240. The first kappa shape index (κ1) is 15.8. The second kappa shape index (κ2) is 7.16. The van der Waals surface area contributed by atoms with Gasteiger partial charge in [-0.1, -0.05) is 26.1 Å². The van der Waals surface area contributed by atoms with Crippen molar-refractivity contribution in [3.05, 3.63) is 0 Å². The number of thiocarbonyl (C=S) groups is 1. The lowest BCUT2D eigenvalue weighted by molar-refractivity contribution is 0.114. The molecule has 96 valence electrons. The Morgan fingerprint density at radius 1 is 1.44 bits per heavy atom. The summed E-state index contributed by atoms with van der Waals surface area (Å²) in [5, 5.41) is -0.854. The maximum absolute atomic E-state index is 11.5. The molecule has 0 fully saturated rings. The molecule has 1 atom stereocenters. The van der Waals surface area contributed by atoms with Gasteiger partial charge in [0, 0.05) is 13.2 Å². The molecule has 5 nitrogen and oxygen atoms in total. The summed E-state index contributed by atoms with van der Waals surface area (Å²) >= 11 is 4.63. The first-order chi connectivity index (χ1) is 7.27. The molecule has 1 unspecified atom stereocenters. The fourth-order valence-corrected chi connectivity index (χ4v) is 2.16. The van der Waals surface area contributed by atoms with Crippen LogP contribution < -0.4 is 10.5 Å². The lowest BCUT2D eigenvalue weighted by Gasteiger charge is -2.12. The molecule has 0 saturated heterocycles. The molecule has 16 heavy (non-hydrogen) atoms. The Labute approximate surface area is 103 Å². The molecular formula is C9H20N2O3S2. The zero-order valence-corrected chi connectivity index (χ0v) is 11.5. The number of sulfonamides is 1. The van der Waals surface area contributed by atoms with Crippen molar-refractivity contribution in [3.8, 4) is 0 Å². The van der Waals surface area contributed by atoms with Crippen LogP contribution in [0.5, 0.6) is 0 Å². The van der Waals surface area contributed by atoms with Gasteiger partial charge in [0.25, 0.3) is 0 Å². The van der Waals surface area contributed by atoms with E-state index in [0.717, 1.165) is 0 Å². The van der Waals surface area contributed by atoms with Crippen LogP contribution in [0, 0.1) is 5.92 Å². The van der Waals surface area contributed by atoms with Gasteiger partial charge in [-0.2, -0.15) is 0 Å². The number of nitrogens with one attached hydrogen (secondary N) is 1. The lowest BCUT2D eigenvalue weighted by atomic mass is 10.2. The van der Waals surface area contributed by atoms with Gasteiger partial charge in [-0.05, 0) is 12.8 Å². The van der Waals surface area contributed by atoms with Crippen molar-refractivity contribution in [2.45, 2.75) is 26.0 Å². The monoisotopic (exact) mass is 268 g/mol. The standard InChI is InChI=1S/C9H20N2O3S2/c1-7(2)6-14-5-4-11-16(12,13)8(3)9(10)15/h7-8,11H,4-6H2,1-3H3,(H2,10,15). The molecule has 0 radical (unpaired) electrons. The van der Waals surface area contributed by atoms with Crippen LogP contribution in [0.1, 0.15) is 20.8 Å². The molecule has 3 N–H and O–H groups in total. The molecule has 7 heteroatoms. The Balaban J connectivity index is 3.88. The lowest BCUT2D eigenvalue weighted by Crippen LogP contribution is -2.41. The molecule has 0 aromatic carbocycles. The molecule has 0 aliphatic carbocycles. The fourth-order valence-electron chi connectivity index (χ4n) is 0.853. The summed E-state index contributed by atoms with van der Waals surface area (Å²) in [6, 6.07) is 0.